The van der Waals surface area contributed by atoms with Crippen LogP contribution in [0.5, 0.6) is 5.75 Å². The Kier molecular flexibility index (Phi) is 2.87. The molecule has 1 aromatic carbocycles. The van der Waals surface area contributed by atoms with Crippen LogP contribution in [-0.4, -0.2) is 12.2 Å². The first-order chi connectivity index (χ1) is 7.69. The van der Waals surface area contributed by atoms with Crippen LogP contribution in [-0.2, 0) is 0 Å². The normalized spacial score (nSPS) is 10.1. The molecule has 16 heavy (non-hydrogen) atoms. The van der Waals surface area contributed by atoms with E-state index in [0.29, 0.717) is 11.3 Å². The molecule has 0 radical (unpaired) electrons. The maximum absolute atomic E-state index is 11.0. The topological polar surface area (TPSA) is 51.5 Å². The molecule has 0 aliphatic rings. The van der Waals surface area contributed by atoms with Crippen LogP contribution in [0.2, 0.25) is 0 Å². The van der Waals surface area contributed by atoms with Gasteiger partial charge in [-0.05, 0) is 30.4 Å². The summed E-state index contributed by atoms with van der Waals surface area (Å²) in [4.78, 5) is 11.0. The number of hydrogen-bond acceptors (Lipinski definition) is 4. The van der Waals surface area contributed by atoms with Crippen LogP contribution in [0.1, 0.15) is 0 Å². The Morgan fingerprint density at radius 2 is 2.12 bits per heavy atom. The third-order valence-electron chi connectivity index (χ3n) is 2.01. The highest BCUT2D eigenvalue weighted by molar-refractivity contribution is 7.80. The van der Waals surface area contributed by atoms with E-state index in [1.165, 1.54) is 6.07 Å². The molecule has 0 amide bonds. The van der Waals surface area contributed by atoms with Crippen LogP contribution in [0.4, 0.5) is 0 Å². The molecule has 0 atom stereocenters. The second-order valence-corrected chi connectivity index (χ2v) is 3.46. The first-order valence-corrected chi connectivity index (χ1v) is 5.03. The zero-order valence-corrected chi connectivity index (χ0v) is 9.34. The number of fused-ring (bicyclic) bond motifs is 1. The van der Waals surface area contributed by atoms with Gasteiger partial charge in [0.2, 0.25) is 0 Å². The van der Waals surface area contributed by atoms with Crippen LogP contribution in [0.25, 0.3) is 11.0 Å². The van der Waals surface area contributed by atoms with Crippen LogP contribution in [0.15, 0.2) is 39.5 Å². The summed E-state index contributed by atoms with van der Waals surface area (Å²) in [7, 11) is 1.67. The smallest absolute Gasteiger partial charge is 0.336 e. The molecule has 0 fully saturated rings. The van der Waals surface area contributed by atoms with Gasteiger partial charge in [-0.3, -0.25) is 0 Å². The predicted octanol–water partition coefficient (Wildman–Crippen LogP) is 1.68. The SMILES string of the molecule is CNC(=S)Oc1ccc2ccc(=O)oc2c1. The molecular weight excluding hydrogens is 226 g/mol. The lowest BCUT2D eigenvalue weighted by Gasteiger charge is -2.05. The van der Waals surface area contributed by atoms with E-state index >= 15 is 0 Å². The summed E-state index contributed by atoms with van der Waals surface area (Å²) in [5.74, 6) is 0.529. The number of hydrogen-bond donors (Lipinski definition) is 1. The van der Waals surface area contributed by atoms with E-state index in [0.717, 1.165) is 5.39 Å². The molecule has 1 N–H and O–H groups in total. The van der Waals surface area contributed by atoms with E-state index < -0.39 is 0 Å². The van der Waals surface area contributed by atoms with Crippen LogP contribution in [0, 0.1) is 0 Å². The third-order valence-corrected chi connectivity index (χ3v) is 2.30. The summed E-state index contributed by atoms with van der Waals surface area (Å²) in [6.45, 7) is 0. The van der Waals surface area contributed by atoms with Gasteiger partial charge >= 0.3 is 5.63 Å². The standard InChI is InChI=1S/C11H9NO3S/c1-12-11(16)14-8-4-2-7-3-5-10(13)15-9(7)6-8/h2-6H,1H3,(H,12,16). The summed E-state index contributed by atoms with van der Waals surface area (Å²) in [6.07, 6.45) is 0. The van der Waals surface area contributed by atoms with Crippen molar-refractivity contribution in [1.29, 1.82) is 0 Å². The third kappa shape index (κ3) is 2.20. The Labute approximate surface area is 96.8 Å². The molecular formula is C11H9NO3S. The summed E-state index contributed by atoms with van der Waals surface area (Å²) in [6, 6.07) is 8.25. The van der Waals surface area contributed by atoms with Gasteiger partial charge in [0.05, 0.1) is 0 Å². The molecule has 0 aliphatic carbocycles. The van der Waals surface area contributed by atoms with Crippen molar-refractivity contribution in [3.8, 4) is 5.75 Å². The van der Waals surface area contributed by atoms with Crippen molar-refractivity contribution in [3.05, 3.63) is 40.8 Å². The Hall–Kier alpha value is -1.88. The van der Waals surface area contributed by atoms with Gasteiger partial charge in [-0.15, -0.1) is 0 Å². The molecule has 1 heterocycles. The minimum Gasteiger partial charge on any atom is -0.432 e. The van der Waals surface area contributed by atoms with Crippen molar-refractivity contribution in [1.82, 2.24) is 5.32 Å². The highest BCUT2D eigenvalue weighted by atomic mass is 32.1. The minimum atomic E-state index is -0.388. The highest BCUT2D eigenvalue weighted by Crippen LogP contribution is 2.19. The van der Waals surface area contributed by atoms with Crippen LogP contribution < -0.4 is 15.7 Å². The van der Waals surface area contributed by atoms with E-state index in [9.17, 15) is 4.79 Å². The molecule has 1 aromatic heterocycles. The fourth-order valence-electron chi connectivity index (χ4n) is 1.26. The molecule has 2 aromatic rings. The zero-order valence-electron chi connectivity index (χ0n) is 8.52. The minimum absolute atomic E-state index is 0.262. The van der Waals surface area contributed by atoms with Crippen molar-refractivity contribution in [3.63, 3.8) is 0 Å². The molecule has 4 nitrogen and oxygen atoms in total. The maximum Gasteiger partial charge on any atom is 0.336 e. The highest BCUT2D eigenvalue weighted by Gasteiger charge is 2.02. The molecule has 0 spiro atoms. The number of rotatable bonds is 1. The largest absolute Gasteiger partial charge is 0.432 e. The van der Waals surface area contributed by atoms with Crippen molar-refractivity contribution in [2.45, 2.75) is 0 Å². The second-order valence-electron chi connectivity index (χ2n) is 3.09. The fraction of sp³-hybridized carbons (Fsp3) is 0.0909. The summed E-state index contributed by atoms with van der Waals surface area (Å²) < 4.78 is 10.3. The van der Waals surface area contributed by atoms with Gasteiger partial charge in [0, 0.05) is 24.6 Å². The molecule has 0 aliphatic heterocycles. The molecule has 0 saturated carbocycles. The first kappa shape index (κ1) is 10.6. The predicted molar refractivity (Wildman–Crippen MR) is 64.8 cm³/mol. The fourth-order valence-corrected chi connectivity index (χ4v) is 1.36. The monoisotopic (exact) mass is 235 g/mol. The average Bonchev–Trinajstić information content (AvgIpc) is 2.28. The van der Waals surface area contributed by atoms with Gasteiger partial charge in [-0.25, -0.2) is 4.79 Å². The summed E-state index contributed by atoms with van der Waals surface area (Å²) >= 11 is 4.86. The molecule has 0 saturated heterocycles. The van der Waals surface area contributed by atoms with Gasteiger partial charge in [0.1, 0.15) is 11.3 Å². The van der Waals surface area contributed by atoms with Crippen molar-refractivity contribution >= 4 is 28.4 Å². The van der Waals surface area contributed by atoms with Crippen LogP contribution in [0.3, 0.4) is 0 Å². The lowest BCUT2D eigenvalue weighted by molar-refractivity contribution is 0.532. The molecule has 0 unspecified atom stereocenters. The Balaban J connectivity index is 2.42. The van der Waals surface area contributed by atoms with E-state index in [1.54, 1.807) is 31.3 Å². The number of thiocarbonyl (C=S) groups is 1. The Morgan fingerprint density at radius 1 is 1.38 bits per heavy atom. The Bertz CT molecular complexity index is 591. The lowest BCUT2D eigenvalue weighted by Crippen LogP contribution is -2.21. The van der Waals surface area contributed by atoms with Gasteiger partial charge < -0.3 is 14.5 Å². The first-order valence-electron chi connectivity index (χ1n) is 4.62. The Morgan fingerprint density at radius 3 is 2.88 bits per heavy atom. The van der Waals surface area contributed by atoms with Crippen molar-refractivity contribution < 1.29 is 9.15 Å². The van der Waals surface area contributed by atoms with Gasteiger partial charge in [0.25, 0.3) is 5.17 Å². The number of nitrogens with one attached hydrogen (secondary N) is 1. The van der Waals surface area contributed by atoms with E-state index in [-0.39, 0.29) is 10.8 Å². The molecule has 82 valence electrons. The number of ether oxygens (including phenoxy) is 1. The zero-order chi connectivity index (χ0) is 11.5. The summed E-state index contributed by atoms with van der Waals surface area (Å²) in [5.41, 5.74) is 0.0877. The summed E-state index contributed by atoms with van der Waals surface area (Å²) in [5, 5.41) is 3.79. The molecule has 5 heteroatoms. The molecule has 2 rings (SSSR count). The van der Waals surface area contributed by atoms with E-state index in [4.69, 9.17) is 21.4 Å². The van der Waals surface area contributed by atoms with Crippen molar-refractivity contribution in [2.24, 2.45) is 0 Å². The maximum atomic E-state index is 11.0. The van der Waals surface area contributed by atoms with Crippen LogP contribution >= 0.6 is 12.2 Å². The average molecular weight is 235 g/mol. The van der Waals surface area contributed by atoms with Gasteiger partial charge in [-0.2, -0.15) is 0 Å². The molecule has 0 bridgehead atoms. The van der Waals surface area contributed by atoms with Gasteiger partial charge in [-0.1, -0.05) is 0 Å². The van der Waals surface area contributed by atoms with Crippen molar-refractivity contribution in [2.75, 3.05) is 7.05 Å². The van der Waals surface area contributed by atoms with Gasteiger partial charge in [0.15, 0.2) is 0 Å². The number of benzene rings is 1. The van der Waals surface area contributed by atoms with E-state index in [2.05, 4.69) is 5.32 Å². The quantitative estimate of drug-likeness (QED) is 0.602. The van der Waals surface area contributed by atoms with E-state index in [1.807, 2.05) is 0 Å². The second kappa shape index (κ2) is 4.32. The lowest BCUT2D eigenvalue weighted by atomic mass is 10.2.